The zero-order valence-electron chi connectivity index (χ0n) is 10.7. The van der Waals surface area contributed by atoms with E-state index in [0.717, 1.165) is 31.2 Å². The fourth-order valence-corrected chi connectivity index (χ4v) is 3.83. The molecule has 100 valence electrons. The van der Waals surface area contributed by atoms with Crippen LogP contribution < -0.4 is 0 Å². The topological polar surface area (TPSA) is 69.4 Å². The standard InChI is InChI=1S/C14H15NO4/c1-19-12(16)14-7-13(8-14,9-14)6-10-3-2-4-11(5-10)15(17)18/h2-5H,6-9H2,1H3. The normalized spacial score (nSPS) is 31.0. The molecular weight excluding hydrogens is 246 g/mol. The first-order chi connectivity index (χ1) is 8.99. The molecule has 0 unspecified atom stereocenters. The van der Waals surface area contributed by atoms with E-state index in [2.05, 4.69) is 0 Å². The molecule has 0 atom stereocenters. The molecule has 1 aromatic rings. The molecule has 0 amide bonds. The fraction of sp³-hybridized carbons (Fsp3) is 0.500. The van der Waals surface area contributed by atoms with Gasteiger partial charge in [-0.05, 0) is 36.7 Å². The van der Waals surface area contributed by atoms with Crippen molar-refractivity contribution in [2.24, 2.45) is 10.8 Å². The van der Waals surface area contributed by atoms with Crippen LogP contribution in [0.5, 0.6) is 0 Å². The summed E-state index contributed by atoms with van der Waals surface area (Å²) in [6.45, 7) is 0. The Bertz CT molecular complexity index is 547. The van der Waals surface area contributed by atoms with Gasteiger partial charge in [-0.1, -0.05) is 12.1 Å². The van der Waals surface area contributed by atoms with Gasteiger partial charge in [0.1, 0.15) is 0 Å². The van der Waals surface area contributed by atoms with Crippen LogP contribution in [0.4, 0.5) is 5.69 Å². The van der Waals surface area contributed by atoms with Crippen molar-refractivity contribution in [1.82, 2.24) is 0 Å². The molecule has 0 heterocycles. The van der Waals surface area contributed by atoms with Crippen LogP contribution >= 0.6 is 0 Å². The molecule has 3 aliphatic rings. The quantitative estimate of drug-likeness (QED) is 0.474. The average Bonchev–Trinajstić information content (AvgIpc) is 2.31. The predicted molar refractivity (Wildman–Crippen MR) is 67.5 cm³/mol. The van der Waals surface area contributed by atoms with Crippen LogP contribution in [-0.4, -0.2) is 18.0 Å². The predicted octanol–water partition coefficient (Wildman–Crippen LogP) is 2.48. The smallest absolute Gasteiger partial charge is 0.311 e. The van der Waals surface area contributed by atoms with Gasteiger partial charge in [0.25, 0.3) is 5.69 Å². The van der Waals surface area contributed by atoms with Crippen molar-refractivity contribution in [3.63, 3.8) is 0 Å². The van der Waals surface area contributed by atoms with Gasteiger partial charge in [-0.25, -0.2) is 0 Å². The average molecular weight is 261 g/mol. The number of non-ortho nitro benzene ring substituents is 1. The van der Waals surface area contributed by atoms with Crippen LogP contribution in [0.2, 0.25) is 0 Å². The highest BCUT2D eigenvalue weighted by molar-refractivity contribution is 5.81. The molecule has 0 radical (unpaired) electrons. The van der Waals surface area contributed by atoms with Crippen LogP contribution in [0.3, 0.4) is 0 Å². The van der Waals surface area contributed by atoms with Gasteiger partial charge >= 0.3 is 5.97 Å². The molecule has 3 aliphatic carbocycles. The minimum atomic E-state index is -0.374. The first-order valence-electron chi connectivity index (χ1n) is 6.31. The Kier molecular flexibility index (Phi) is 2.42. The van der Waals surface area contributed by atoms with Crippen molar-refractivity contribution in [3.8, 4) is 0 Å². The molecular formula is C14H15NO4. The SMILES string of the molecule is COC(=O)C12CC(Cc3cccc([N+](=O)[O-])c3)(C1)C2. The van der Waals surface area contributed by atoms with E-state index in [0.29, 0.717) is 0 Å². The van der Waals surface area contributed by atoms with Crippen LogP contribution in [-0.2, 0) is 16.0 Å². The Morgan fingerprint density at radius 3 is 2.68 bits per heavy atom. The van der Waals surface area contributed by atoms with Crippen molar-refractivity contribution in [2.75, 3.05) is 7.11 Å². The number of benzene rings is 1. The summed E-state index contributed by atoms with van der Waals surface area (Å²) in [5.74, 6) is -0.103. The second-order valence-corrected chi connectivity index (χ2v) is 5.91. The summed E-state index contributed by atoms with van der Waals surface area (Å²) in [4.78, 5) is 21.9. The highest BCUT2D eigenvalue weighted by atomic mass is 16.6. The summed E-state index contributed by atoms with van der Waals surface area (Å²) >= 11 is 0. The number of rotatable bonds is 4. The maximum Gasteiger partial charge on any atom is 0.311 e. The molecule has 0 aromatic heterocycles. The largest absolute Gasteiger partial charge is 0.469 e. The summed E-state index contributed by atoms with van der Waals surface area (Å²) in [6, 6.07) is 6.76. The van der Waals surface area contributed by atoms with Crippen LogP contribution in [0.25, 0.3) is 0 Å². The lowest BCUT2D eigenvalue weighted by Crippen LogP contribution is -2.66. The van der Waals surface area contributed by atoms with E-state index >= 15 is 0 Å². The van der Waals surface area contributed by atoms with Crippen molar-refractivity contribution in [1.29, 1.82) is 0 Å². The molecule has 0 saturated heterocycles. The maximum absolute atomic E-state index is 11.6. The lowest BCUT2D eigenvalue weighted by molar-refractivity contribution is -0.384. The number of methoxy groups -OCH3 is 1. The molecule has 0 aliphatic heterocycles. The molecule has 5 heteroatoms. The summed E-state index contributed by atoms with van der Waals surface area (Å²) < 4.78 is 4.81. The Morgan fingerprint density at radius 2 is 2.11 bits per heavy atom. The number of carbonyl (C=O) groups is 1. The van der Waals surface area contributed by atoms with E-state index in [9.17, 15) is 14.9 Å². The van der Waals surface area contributed by atoms with Gasteiger partial charge in [0, 0.05) is 12.1 Å². The summed E-state index contributed by atoms with van der Waals surface area (Å²) in [7, 11) is 1.43. The molecule has 3 saturated carbocycles. The van der Waals surface area contributed by atoms with E-state index in [1.165, 1.54) is 13.2 Å². The molecule has 19 heavy (non-hydrogen) atoms. The highest BCUT2D eigenvalue weighted by Gasteiger charge is 2.71. The molecule has 1 aromatic carbocycles. The number of ether oxygens (including phenoxy) is 1. The third-order valence-corrected chi connectivity index (χ3v) is 4.46. The van der Waals surface area contributed by atoms with Gasteiger partial charge in [-0.15, -0.1) is 0 Å². The van der Waals surface area contributed by atoms with Gasteiger partial charge < -0.3 is 4.74 Å². The molecule has 4 rings (SSSR count). The zero-order valence-corrected chi connectivity index (χ0v) is 10.7. The monoisotopic (exact) mass is 261 g/mol. The highest BCUT2D eigenvalue weighted by Crippen LogP contribution is 2.74. The van der Waals surface area contributed by atoms with Crippen LogP contribution in [0, 0.1) is 20.9 Å². The Hall–Kier alpha value is -1.91. The number of nitrogens with zero attached hydrogens (tertiary/aromatic N) is 1. The van der Waals surface area contributed by atoms with Crippen LogP contribution in [0.15, 0.2) is 24.3 Å². The third-order valence-electron chi connectivity index (χ3n) is 4.46. The number of carbonyl (C=O) groups excluding carboxylic acids is 1. The van der Waals surface area contributed by atoms with E-state index in [-0.39, 0.29) is 27.4 Å². The number of nitro benzene ring substituents is 1. The van der Waals surface area contributed by atoms with Gasteiger partial charge in [0.2, 0.25) is 0 Å². The van der Waals surface area contributed by atoms with E-state index in [1.54, 1.807) is 12.1 Å². The maximum atomic E-state index is 11.6. The summed E-state index contributed by atoms with van der Waals surface area (Å²) in [6.07, 6.45) is 3.38. The van der Waals surface area contributed by atoms with E-state index in [1.807, 2.05) is 6.07 Å². The number of hydrogen-bond acceptors (Lipinski definition) is 4. The minimum absolute atomic E-state index is 0.103. The van der Waals surface area contributed by atoms with E-state index < -0.39 is 0 Å². The summed E-state index contributed by atoms with van der Waals surface area (Å²) in [5, 5.41) is 10.7. The second kappa shape index (κ2) is 3.79. The fourth-order valence-electron chi connectivity index (χ4n) is 3.83. The van der Waals surface area contributed by atoms with Crippen LogP contribution in [0.1, 0.15) is 24.8 Å². The van der Waals surface area contributed by atoms with Crippen molar-refractivity contribution in [3.05, 3.63) is 39.9 Å². The molecule has 3 fully saturated rings. The number of hydrogen-bond donors (Lipinski definition) is 0. The lowest BCUT2D eigenvalue weighted by atomic mass is 9.34. The first-order valence-corrected chi connectivity index (χ1v) is 6.31. The Labute approximate surface area is 110 Å². The third kappa shape index (κ3) is 1.72. The first kappa shape index (κ1) is 12.1. The van der Waals surface area contributed by atoms with Gasteiger partial charge in [-0.3, -0.25) is 14.9 Å². The Balaban J connectivity index is 1.68. The molecule has 0 spiro atoms. The van der Waals surface area contributed by atoms with E-state index in [4.69, 9.17) is 4.74 Å². The summed E-state index contributed by atoms with van der Waals surface area (Å²) in [5.41, 5.74) is 1.04. The minimum Gasteiger partial charge on any atom is -0.469 e. The van der Waals surface area contributed by atoms with Gasteiger partial charge in [0.05, 0.1) is 17.4 Å². The van der Waals surface area contributed by atoms with Crippen molar-refractivity contribution in [2.45, 2.75) is 25.7 Å². The lowest BCUT2D eigenvalue weighted by Gasteiger charge is -2.69. The van der Waals surface area contributed by atoms with Gasteiger partial charge in [-0.2, -0.15) is 0 Å². The Morgan fingerprint density at radius 1 is 1.42 bits per heavy atom. The molecule has 0 N–H and O–H groups in total. The zero-order chi connectivity index (χ0) is 13.7. The van der Waals surface area contributed by atoms with Crippen molar-refractivity contribution >= 4 is 11.7 Å². The van der Waals surface area contributed by atoms with Gasteiger partial charge in [0.15, 0.2) is 0 Å². The number of nitro groups is 1. The van der Waals surface area contributed by atoms with Crippen molar-refractivity contribution < 1.29 is 14.5 Å². The second-order valence-electron chi connectivity index (χ2n) is 5.91. The molecule has 2 bridgehead atoms. The number of esters is 1. The molecule has 5 nitrogen and oxygen atoms in total.